The van der Waals surface area contributed by atoms with Gasteiger partial charge >= 0.3 is 6.09 Å². The Hall–Kier alpha value is -1.63. The van der Waals surface area contributed by atoms with E-state index in [2.05, 4.69) is 16.5 Å². The van der Waals surface area contributed by atoms with Crippen LogP contribution in [0.4, 0.5) is 4.79 Å². The van der Waals surface area contributed by atoms with Crippen molar-refractivity contribution in [2.75, 3.05) is 6.67 Å². The van der Waals surface area contributed by atoms with Crippen molar-refractivity contribution in [3.63, 3.8) is 0 Å². The largest absolute Gasteiger partial charge is 0.432 e. The van der Waals surface area contributed by atoms with E-state index in [1.54, 1.807) is 24.3 Å². The molecule has 1 fully saturated rings. The first-order chi connectivity index (χ1) is 6.86. The van der Waals surface area contributed by atoms with Crippen molar-refractivity contribution in [2.45, 2.75) is 0 Å². The van der Waals surface area contributed by atoms with Gasteiger partial charge in [-0.15, -0.1) is 5.53 Å². The number of carbonyl (C=O) groups is 1. The van der Waals surface area contributed by atoms with E-state index >= 15 is 0 Å². The lowest BCUT2D eigenvalue weighted by atomic mass is 10.3. The fraction of sp³-hybridized carbons (Fsp3) is 0.125. The molecule has 0 atom stereocenters. The van der Waals surface area contributed by atoms with E-state index in [0.29, 0.717) is 12.4 Å². The van der Waals surface area contributed by atoms with Gasteiger partial charge in [0.05, 0.1) is 0 Å². The maximum atomic E-state index is 11.4. The zero-order valence-electron chi connectivity index (χ0n) is 7.36. The molecule has 74 valence electrons. The van der Waals surface area contributed by atoms with E-state index in [1.165, 1.54) is 5.01 Å². The molecule has 3 N–H and O–H groups in total. The predicted molar refractivity (Wildman–Crippen MR) is 48.6 cm³/mol. The first-order valence-electron chi connectivity index (χ1n) is 4.14. The van der Waals surface area contributed by atoms with E-state index in [9.17, 15) is 4.79 Å². The van der Waals surface area contributed by atoms with Gasteiger partial charge in [0, 0.05) is 0 Å². The predicted octanol–water partition coefficient (Wildman–Crippen LogP) is -0.0277. The number of rotatable bonds is 1. The molecule has 1 aliphatic rings. The molecule has 2 rings (SSSR count). The van der Waals surface area contributed by atoms with Gasteiger partial charge in [-0.1, -0.05) is 18.2 Å². The van der Waals surface area contributed by atoms with Crippen LogP contribution in [0.1, 0.15) is 0 Å². The number of hydrogen-bond acceptors (Lipinski definition) is 5. The Balaban J connectivity index is 1.94. The molecule has 0 saturated carbocycles. The third-order valence-electron chi connectivity index (χ3n) is 1.69. The first-order valence-corrected chi connectivity index (χ1v) is 4.14. The standard InChI is InChI=1S/C8H10N4O2/c13-8(12-6-9-10-11-12)14-7-4-2-1-3-5-7/h1-5,9-11H,6H2. The number of amides is 1. The number of carbonyl (C=O) groups excluding carboxylic acids is 1. The molecule has 1 aromatic rings. The molecule has 1 aliphatic heterocycles. The van der Waals surface area contributed by atoms with Crippen LogP contribution < -0.4 is 21.2 Å². The number of nitrogens with zero attached hydrogens (tertiary/aromatic N) is 1. The van der Waals surface area contributed by atoms with Gasteiger partial charge in [0.15, 0.2) is 0 Å². The number of nitrogens with one attached hydrogen (secondary N) is 3. The number of ether oxygens (including phenoxy) is 1. The van der Waals surface area contributed by atoms with Crippen molar-refractivity contribution < 1.29 is 9.53 Å². The number of benzene rings is 1. The van der Waals surface area contributed by atoms with Crippen LogP contribution in [0, 0.1) is 0 Å². The van der Waals surface area contributed by atoms with E-state index in [-0.39, 0.29) is 0 Å². The van der Waals surface area contributed by atoms with Crippen molar-refractivity contribution in [1.82, 2.24) is 21.5 Å². The molecule has 1 heterocycles. The van der Waals surface area contributed by atoms with Crippen LogP contribution in [0.25, 0.3) is 0 Å². The molecule has 0 spiro atoms. The molecule has 0 bridgehead atoms. The summed E-state index contributed by atoms with van der Waals surface area (Å²) in [5.41, 5.74) is 7.84. The SMILES string of the molecule is O=C(Oc1ccccc1)N1CNNN1. The maximum Gasteiger partial charge on any atom is 0.432 e. The van der Waals surface area contributed by atoms with Gasteiger partial charge in [-0.05, 0) is 12.1 Å². The third kappa shape index (κ3) is 1.99. The second kappa shape index (κ2) is 4.05. The van der Waals surface area contributed by atoms with Gasteiger partial charge in [-0.2, -0.15) is 5.53 Å². The van der Waals surface area contributed by atoms with Crippen LogP contribution in [0.15, 0.2) is 30.3 Å². The summed E-state index contributed by atoms with van der Waals surface area (Å²) in [6.45, 7) is 0.353. The minimum Gasteiger partial charge on any atom is -0.409 e. The maximum absolute atomic E-state index is 11.4. The average Bonchev–Trinajstić information content (AvgIpc) is 2.72. The first kappa shape index (κ1) is 8.95. The highest BCUT2D eigenvalue weighted by Crippen LogP contribution is 2.09. The Morgan fingerprint density at radius 2 is 2.14 bits per heavy atom. The van der Waals surface area contributed by atoms with E-state index < -0.39 is 6.09 Å². The van der Waals surface area contributed by atoms with Crippen LogP contribution in [0.3, 0.4) is 0 Å². The summed E-state index contributed by atoms with van der Waals surface area (Å²) in [5.74, 6) is 0.520. The highest BCUT2D eigenvalue weighted by molar-refractivity contribution is 5.70. The summed E-state index contributed by atoms with van der Waals surface area (Å²) in [4.78, 5) is 11.4. The highest BCUT2D eigenvalue weighted by Gasteiger charge is 2.18. The minimum absolute atomic E-state index is 0.353. The lowest BCUT2D eigenvalue weighted by Crippen LogP contribution is -2.42. The Morgan fingerprint density at radius 3 is 2.79 bits per heavy atom. The average molecular weight is 194 g/mol. The van der Waals surface area contributed by atoms with Crippen LogP contribution in [-0.4, -0.2) is 17.8 Å². The lowest BCUT2D eigenvalue weighted by molar-refractivity contribution is 0.140. The fourth-order valence-electron chi connectivity index (χ4n) is 1.02. The molecule has 1 amide bonds. The molecule has 0 unspecified atom stereocenters. The van der Waals surface area contributed by atoms with E-state index in [4.69, 9.17) is 4.74 Å². The summed E-state index contributed by atoms with van der Waals surface area (Å²) in [5, 5.41) is 1.27. The lowest BCUT2D eigenvalue weighted by Gasteiger charge is -2.12. The van der Waals surface area contributed by atoms with Crippen LogP contribution in [0.5, 0.6) is 5.75 Å². The zero-order valence-corrected chi connectivity index (χ0v) is 7.36. The molecule has 1 aromatic carbocycles. The van der Waals surface area contributed by atoms with E-state index in [0.717, 1.165) is 0 Å². The monoisotopic (exact) mass is 194 g/mol. The Labute approximate surface area is 80.8 Å². The second-order valence-electron chi connectivity index (χ2n) is 2.68. The van der Waals surface area contributed by atoms with Gasteiger partial charge in [-0.3, -0.25) is 0 Å². The van der Waals surface area contributed by atoms with Crippen LogP contribution in [0.2, 0.25) is 0 Å². The molecule has 14 heavy (non-hydrogen) atoms. The normalized spacial score (nSPS) is 15.6. The summed E-state index contributed by atoms with van der Waals surface area (Å²) >= 11 is 0. The number of hydrazine groups is 3. The molecule has 6 nitrogen and oxygen atoms in total. The molecule has 6 heteroatoms. The fourth-order valence-corrected chi connectivity index (χ4v) is 1.02. The summed E-state index contributed by atoms with van der Waals surface area (Å²) in [6.07, 6.45) is -0.464. The summed E-state index contributed by atoms with van der Waals surface area (Å²) < 4.78 is 5.04. The Bertz CT molecular complexity index is 310. The highest BCUT2D eigenvalue weighted by atomic mass is 16.6. The van der Waals surface area contributed by atoms with Crippen LogP contribution in [-0.2, 0) is 0 Å². The van der Waals surface area contributed by atoms with Gasteiger partial charge < -0.3 is 4.74 Å². The molecule has 0 aromatic heterocycles. The Kier molecular flexibility index (Phi) is 2.59. The summed E-state index contributed by atoms with van der Waals surface area (Å²) in [6, 6.07) is 8.89. The summed E-state index contributed by atoms with van der Waals surface area (Å²) in [7, 11) is 0. The molecular formula is C8H10N4O2. The topological polar surface area (TPSA) is 65.6 Å². The van der Waals surface area contributed by atoms with Gasteiger partial charge in [-0.25, -0.2) is 15.2 Å². The van der Waals surface area contributed by atoms with Gasteiger partial charge in [0.25, 0.3) is 0 Å². The minimum atomic E-state index is -0.464. The molecule has 0 radical (unpaired) electrons. The van der Waals surface area contributed by atoms with Gasteiger partial charge in [0.2, 0.25) is 0 Å². The van der Waals surface area contributed by atoms with Crippen molar-refractivity contribution in [2.24, 2.45) is 0 Å². The molecular weight excluding hydrogens is 184 g/mol. The van der Waals surface area contributed by atoms with Crippen molar-refractivity contribution in [1.29, 1.82) is 0 Å². The van der Waals surface area contributed by atoms with Crippen LogP contribution >= 0.6 is 0 Å². The van der Waals surface area contributed by atoms with E-state index in [1.807, 2.05) is 6.07 Å². The number of para-hydroxylation sites is 1. The van der Waals surface area contributed by atoms with Crippen molar-refractivity contribution in [3.05, 3.63) is 30.3 Å². The zero-order chi connectivity index (χ0) is 9.80. The Morgan fingerprint density at radius 1 is 1.36 bits per heavy atom. The smallest absolute Gasteiger partial charge is 0.409 e. The van der Waals surface area contributed by atoms with Crippen molar-refractivity contribution >= 4 is 6.09 Å². The van der Waals surface area contributed by atoms with Crippen molar-refractivity contribution in [3.8, 4) is 5.75 Å². The third-order valence-corrected chi connectivity index (χ3v) is 1.69. The molecule has 1 saturated heterocycles. The second-order valence-corrected chi connectivity index (χ2v) is 2.68. The number of hydrogen-bond donors (Lipinski definition) is 3. The molecule has 0 aliphatic carbocycles. The van der Waals surface area contributed by atoms with Gasteiger partial charge in [0.1, 0.15) is 12.4 Å². The quantitative estimate of drug-likeness (QED) is 0.586.